The number of likely N-dealkylation sites (tertiary alicyclic amines) is 1. The van der Waals surface area contributed by atoms with E-state index in [1.165, 1.54) is 6.20 Å². The van der Waals surface area contributed by atoms with E-state index in [0.29, 0.717) is 25.7 Å². The van der Waals surface area contributed by atoms with Crippen LogP contribution < -0.4 is 4.90 Å². The number of anilines is 1. The molecule has 6 nitrogen and oxygen atoms in total. The number of hydrogen-bond donors (Lipinski definition) is 0. The van der Waals surface area contributed by atoms with Gasteiger partial charge in [-0.25, -0.2) is 9.78 Å². The molecule has 0 radical (unpaired) electrons. The number of hydrogen-bond acceptors (Lipinski definition) is 5. The Hall–Kier alpha value is -2.06. The van der Waals surface area contributed by atoms with E-state index >= 15 is 0 Å². The van der Waals surface area contributed by atoms with Crippen LogP contribution in [0.25, 0.3) is 0 Å². The molecule has 0 N–H and O–H groups in total. The van der Waals surface area contributed by atoms with E-state index in [9.17, 15) is 18.0 Å². The molecule has 24 heavy (non-hydrogen) atoms. The molecular formula is C15H19F3N4O2. The first-order valence-corrected chi connectivity index (χ1v) is 7.70. The summed E-state index contributed by atoms with van der Waals surface area (Å²) in [4.78, 5) is 23.0. The van der Waals surface area contributed by atoms with Crippen LogP contribution in [0.1, 0.15) is 32.9 Å². The van der Waals surface area contributed by atoms with E-state index in [-0.39, 0.29) is 24.0 Å². The van der Waals surface area contributed by atoms with Gasteiger partial charge in [-0.05, 0) is 27.2 Å². The zero-order chi connectivity index (χ0) is 17.7. The average Bonchev–Trinajstić information content (AvgIpc) is 3.04. The number of fused-ring (bicyclic) bond motifs is 2. The van der Waals surface area contributed by atoms with Gasteiger partial charge in [0.15, 0.2) is 5.69 Å². The lowest BCUT2D eigenvalue weighted by atomic mass is 10.2. The summed E-state index contributed by atoms with van der Waals surface area (Å²) >= 11 is 0. The van der Waals surface area contributed by atoms with E-state index in [0.717, 1.165) is 0 Å². The average molecular weight is 344 g/mol. The zero-order valence-corrected chi connectivity index (χ0v) is 13.7. The molecule has 1 amide bonds. The number of amides is 1. The molecule has 2 aliphatic heterocycles. The van der Waals surface area contributed by atoms with Crippen LogP contribution in [0.3, 0.4) is 0 Å². The molecule has 0 aromatic carbocycles. The van der Waals surface area contributed by atoms with Crippen molar-refractivity contribution in [1.82, 2.24) is 14.9 Å². The predicted molar refractivity (Wildman–Crippen MR) is 79.5 cm³/mol. The highest BCUT2D eigenvalue weighted by Crippen LogP contribution is 2.35. The molecule has 0 spiro atoms. The lowest BCUT2D eigenvalue weighted by molar-refractivity contribution is -0.141. The molecule has 0 aliphatic carbocycles. The number of carbonyl (C=O) groups is 1. The van der Waals surface area contributed by atoms with Crippen molar-refractivity contribution < 1.29 is 22.7 Å². The second kappa shape index (κ2) is 5.49. The topological polar surface area (TPSA) is 58.6 Å². The summed E-state index contributed by atoms with van der Waals surface area (Å²) in [6.45, 7) is 6.23. The predicted octanol–water partition coefficient (Wildman–Crippen LogP) is 2.69. The van der Waals surface area contributed by atoms with Crippen LogP contribution in [0.4, 0.5) is 23.8 Å². The maximum atomic E-state index is 12.8. The summed E-state index contributed by atoms with van der Waals surface area (Å²) in [7, 11) is 0. The maximum Gasteiger partial charge on any atom is 0.434 e. The number of nitrogens with zero attached hydrogens (tertiary/aromatic N) is 4. The smallest absolute Gasteiger partial charge is 0.434 e. The molecule has 3 heterocycles. The van der Waals surface area contributed by atoms with E-state index in [2.05, 4.69) is 9.97 Å². The third-order valence-corrected chi connectivity index (χ3v) is 4.08. The third kappa shape index (κ3) is 3.25. The number of alkyl halides is 3. The molecular weight excluding hydrogens is 325 g/mol. The summed E-state index contributed by atoms with van der Waals surface area (Å²) in [6, 6.07) is -0.151. The van der Waals surface area contributed by atoms with Gasteiger partial charge in [0.1, 0.15) is 11.4 Å². The van der Waals surface area contributed by atoms with Crippen molar-refractivity contribution in [2.24, 2.45) is 0 Å². The Morgan fingerprint density at radius 1 is 1.21 bits per heavy atom. The largest absolute Gasteiger partial charge is 0.444 e. The first-order valence-electron chi connectivity index (χ1n) is 7.70. The van der Waals surface area contributed by atoms with Gasteiger partial charge in [0.25, 0.3) is 0 Å². The van der Waals surface area contributed by atoms with Gasteiger partial charge in [0, 0.05) is 13.1 Å². The molecule has 2 atom stereocenters. The molecule has 9 heteroatoms. The Balaban J connectivity index is 1.71. The van der Waals surface area contributed by atoms with Crippen LogP contribution >= 0.6 is 0 Å². The fourth-order valence-electron chi connectivity index (χ4n) is 3.12. The molecule has 2 bridgehead atoms. The highest BCUT2D eigenvalue weighted by molar-refractivity contribution is 5.70. The number of rotatable bonds is 1. The number of aromatic nitrogens is 2. The van der Waals surface area contributed by atoms with Gasteiger partial charge in [-0.2, -0.15) is 13.2 Å². The van der Waals surface area contributed by atoms with Crippen molar-refractivity contribution >= 4 is 11.9 Å². The Bertz CT molecular complexity index is 644. The van der Waals surface area contributed by atoms with E-state index < -0.39 is 17.5 Å². The first-order chi connectivity index (χ1) is 11.0. The van der Waals surface area contributed by atoms with Gasteiger partial charge in [0.05, 0.1) is 24.5 Å². The molecule has 0 unspecified atom stereocenters. The van der Waals surface area contributed by atoms with Crippen LogP contribution in [0.5, 0.6) is 0 Å². The van der Waals surface area contributed by atoms with Crippen LogP contribution in [-0.4, -0.2) is 51.7 Å². The highest BCUT2D eigenvalue weighted by atomic mass is 19.4. The molecule has 132 valence electrons. The standard InChI is InChI=1S/C15H19F3N4O2/c1-14(2,3)24-13(23)22-8-9-4-10(22)7-21(9)12-6-19-5-11(20-12)15(16,17)18/h5-6,9-10H,4,7-8H2,1-3H3/t9-,10-/m0/s1. The van der Waals surface area contributed by atoms with Crippen molar-refractivity contribution in [2.75, 3.05) is 18.0 Å². The fourth-order valence-corrected chi connectivity index (χ4v) is 3.12. The Kier molecular flexibility index (Phi) is 3.84. The minimum atomic E-state index is -4.52. The van der Waals surface area contributed by atoms with Crippen molar-refractivity contribution in [1.29, 1.82) is 0 Å². The summed E-state index contributed by atoms with van der Waals surface area (Å²) in [5.74, 6) is 0.196. The summed E-state index contributed by atoms with van der Waals surface area (Å²) < 4.78 is 43.7. The Labute approximate surface area is 137 Å². The molecule has 2 aliphatic rings. The highest BCUT2D eigenvalue weighted by Gasteiger charge is 2.47. The van der Waals surface area contributed by atoms with Crippen molar-refractivity contribution in [2.45, 2.75) is 51.1 Å². The molecule has 2 saturated heterocycles. The van der Waals surface area contributed by atoms with Crippen molar-refractivity contribution in [3.8, 4) is 0 Å². The first kappa shape index (κ1) is 16.8. The SMILES string of the molecule is CC(C)(C)OC(=O)N1C[C@@H]2C[C@H]1CN2c1cncc(C(F)(F)F)n1. The van der Waals surface area contributed by atoms with Crippen LogP contribution in [0.2, 0.25) is 0 Å². The minimum absolute atomic E-state index is 0.0692. The van der Waals surface area contributed by atoms with Crippen LogP contribution in [-0.2, 0) is 10.9 Å². The lowest BCUT2D eigenvalue weighted by Crippen LogP contribution is -2.50. The van der Waals surface area contributed by atoms with Crippen molar-refractivity contribution in [3.63, 3.8) is 0 Å². The van der Waals surface area contributed by atoms with Gasteiger partial charge < -0.3 is 14.5 Å². The minimum Gasteiger partial charge on any atom is -0.444 e. The normalized spacial score (nSPS) is 23.8. The fraction of sp³-hybridized carbons (Fsp3) is 0.667. The van der Waals surface area contributed by atoms with E-state index in [1.54, 1.807) is 30.6 Å². The maximum absolute atomic E-state index is 12.8. The monoisotopic (exact) mass is 344 g/mol. The summed E-state index contributed by atoms with van der Waals surface area (Å²) in [5, 5.41) is 0. The molecule has 0 saturated carbocycles. The van der Waals surface area contributed by atoms with Gasteiger partial charge >= 0.3 is 12.3 Å². The Morgan fingerprint density at radius 3 is 2.46 bits per heavy atom. The zero-order valence-electron chi connectivity index (χ0n) is 13.7. The second-order valence-corrected chi connectivity index (χ2v) is 7.09. The molecule has 1 aromatic heterocycles. The van der Waals surface area contributed by atoms with Gasteiger partial charge in [-0.1, -0.05) is 0 Å². The molecule has 1 aromatic rings. The van der Waals surface area contributed by atoms with E-state index in [1.807, 2.05) is 0 Å². The number of carbonyl (C=O) groups excluding carboxylic acids is 1. The van der Waals surface area contributed by atoms with Crippen molar-refractivity contribution in [3.05, 3.63) is 18.1 Å². The van der Waals surface area contributed by atoms with Crippen LogP contribution in [0, 0.1) is 0 Å². The second-order valence-electron chi connectivity index (χ2n) is 7.09. The molecule has 2 fully saturated rings. The summed E-state index contributed by atoms with van der Waals surface area (Å²) in [5.41, 5.74) is -1.59. The van der Waals surface area contributed by atoms with E-state index in [4.69, 9.17) is 4.74 Å². The number of halogens is 3. The van der Waals surface area contributed by atoms with Gasteiger partial charge in [-0.3, -0.25) is 4.98 Å². The summed E-state index contributed by atoms with van der Waals surface area (Å²) in [6.07, 6.45) is -2.18. The third-order valence-electron chi connectivity index (χ3n) is 4.08. The van der Waals surface area contributed by atoms with Gasteiger partial charge in [-0.15, -0.1) is 0 Å². The van der Waals surface area contributed by atoms with Gasteiger partial charge in [0.2, 0.25) is 0 Å². The number of ether oxygens (including phenoxy) is 1. The Morgan fingerprint density at radius 2 is 1.92 bits per heavy atom. The number of piperazine rings is 1. The quantitative estimate of drug-likeness (QED) is 0.784. The molecule has 3 rings (SSSR count). The lowest BCUT2D eigenvalue weighted by Gasteiger charge is -2.35. The van der Waals surface area contributed by atoms with Crippen LogP contribution in [0.15, 0.2) is 12.4 Å².